The Morgan fingerprint density at radius 2 is 1.88 bits per heavy atom. The lowest BCUT2D eigenvalue weighted by molar-refractivity contribution is 0.0707. The smallest absolute Gasteiger partial charge is 0.253 e. The zero-order valence-corrected chi connectivity index (χ0v) is 16.4. The summed E-state index contributed by atoms with van der Waals surface area (Å²) in [6.07, 6.45) is 1.99. The van der Waals surface area contributed by atoms with Crippen LogP contribution in [0, 0.1) is 0 Å². The molecule has 3 rings (SSSR count). The van der Waals surface area contributed by atoms with Gasteiger partial charge in [-0.3, -0.25) is 4.79 Å². The van der Waals surface area contributed by atoms with Gasteiger partial charge in [-0.05, 0) is 55.8 Å². The van der Waals surface area contributed by atoms with Crippen LogP contribution in [0.5, 0.6) is 5.75 Å². The number of carbonyl (C=O) groups is 1. The third-order valence-corrected chi connectivity index (χ3v) is 4.84. The second-order valence-electron chi connectivity index (χ2n) is 6.30. The first-order valence-electron chi connectivity index (χ1n) is 8.59. The Hall–Kier alpha value is -1.75. The van der Waals surface area contributed by atoms with Crippen molar-refractivity contribution in [1.29, 1.82) is 0 Å². The van der Waals surface area contributed by atoms with Crippen LogP contribution >= 0.6 is 24.0 Å². The molecular formula is C20H24Cl2N2O2. The van der Waals surface area contributed by atoms with Gasteiger partial charge in [0.1, 0.15) is 12.4 Å². The Kier molecular flexibility index (Phi) is 7.76. The second kappa shape index (κ2) is 9.81. The second-order valence-corrected chi connectivity index (χ2v) is 6.73. The first-order valence-corrected chi connectivity index (χ1v) is 8.97. The van der Waals surface area contributed by atoms with Gasteiger partial charge in [-0.2, -0.15) is 0 Å². The summed E-state index contributed by atoms with van der Waals surface area (Å²) in [5.41, 5.74) is 1.71. The maximum atomic E-state index is 12.7. The molecule has 0 saturated carbocycles. The first-order chi connectivity index (χ1) is 12.2. The van der Waals surface area contributed by atoms with E-state index in [2.05, 4.69) is 5.32 Å². The number of hydrogen-bond acceptors (Lipinski definition) is 3. The van der Waals surface area contributed by atoms with E-state index in [9.17, 15) is 4.79 Å². The van der Waals surface area contributed by atoms with Crippen LogP contribution in [0.15, 0.2) is 48.5 Å². The van der Waals surface area contributed by atoms with Crippen molar-refractivity contribution >= 4 is 29.9 Å². The predicted molar refractivity (Wildman–Crippen MR) is 107 cm³/mol. The van der Waals surface area contributed by atoms with Crippen LogP contribution in [-0.2, 0) is 6.61 Å². The van der Waals surface area contributed by atoms with E-state index < -0.39 is 0 Å². The average Bonchev–Trinajstić information content (AvgIpc) is 2.67. The number of piperidine rings is 1. The lowest BCUT2D eigenvalue weighted by Crippen LogP contribution is -2.43. The minimum Gasteiger partial charge on any atom is -0.489 e. The highest BCUT2D eigenvalue weighted by molar-refractivity contribution is 6.30. The minimum atomic E-state index is 0. The van der Waals surface area contributed by atoms with Gasteiger partial charge in [0, 0.05) is 29.7 Å². The molecule has 1 aliphatic heterocycles. The molecule has 0 radical (unpaired) electrons. The number of likely N-dealkylation sites (tertiary alicyclic amines) is 1. The summed E-state index contributed by atoms with van der Waals surface area (Å²) in [6.45, 7) is 2.03. The summed E-state index contributed by atoms with van der Waals surface area (Å²) in [5, 5.41) is 3.99. The molecule has 1 saturated heterocycles. The van der Waals surface area contributed by atoms with Crippen molar-refractivity contribution in [3.63, 3.8) is 0 Å². The lowest BCUT2D eigenvalue weighted by atomic mass is 10.0. The van der Waals surface area contributed by atoms with E-state index in [0.29, 0.717) is 29.0 Å². The Morgan fingerprint density at radius 1 is 1.19 bits per heavy atom. The molecule has 1 N–H and O–H groups in total. The molecular weight excluding hydrogens is 371 g/mol. The number of rotatable bonds is 5. The fourth-order valence-electron chi connectivity index (χ4n) is 3.02. The quantitative estimate of drug-likeness (QED) is 0.827. The fraction of sp³-hybridized carbons (Fsp3) is 0.350. The predicted octanol–water partition coefficient (Wildman–Crippen LogP) is 4.16. The van der Waals surface area contributed by atoms with Gasteiger partial charge >= 0.3 is 0 Å². The summed E-state index contributed by atoms with van der Waals surface area (Å²) in [7, 11) is 1.98. The van der Waals surface area contributed by atoms with E-state index in [1.54, 1.807) is 0 Å². The average molecular weight is 395 g/mol. The van der Waals surface area contributed by atoms with Gasteiger partial charge in [0.25, 0.3) is 5.91 Å². The summed E-state index contributed by atoms with van der Waals surface area (Å²) in [6, 6.07) is 15.5. The monoisotopic (exact) mass is 394 g/mol. The Labute approximate surface area is 165 Å². The van der Waals surface area contributed by atoms with Gasteiger partial charge in [-0.1, -0.05) is 29.8 Å². The van der Waals surface area contributed by atoms with Crippen LogP contribution in [0.25, 0.3) is 0 Å². The van der Waals surface area contributed by atoms with Crippen LogP contribution in [0.1, 0.15) is 28.8 Å². The normalized spacial score (nSPS) is 14.6. The fourth-order valence-corrected chi connectivity index (χ4v) is 3.15. The molecule has 1 amide bonds. The van der Waals surface area contributed by atoms with Crippen LogP contribution in [0.4, 0.5) is 0 Å². The van der Waals surface area contributed by atoms with Gasteiger partial charge in [0.15, 0.2) is 0 Å². The molecule has 140 valence electrons. The number of carbonyl (C=O) groups excluding carboxylic acids is 1. The van der Waals surface area contributed by atoms with Crippen LogP contribution in [0.3, 0.4) is 0 Å². The van der Waals surface area contributed by atoms with E-state index in [-0.39, 0.29) is 18.3 Å². The highest BCUT2D eigenvalue weighted by atomic mass is 35.5. The van der Waals surface area contributed by atoms with Gasteiger partial charge in [-0.15, -0.1) is 12.4 Å². The molecule has 26 heavy (non-hydrogen) atoms. The number of benzene rings is 2. The number of nitrogens with zero attached hydrogens (tertiary/aromatic N) is 1. The molecule has 1 aliphatic rings. The van der Waals surface area contributed by atoms with Crippen molar-refractivity contribution in [1.82, 2.24) is 10.2 Å². The van der Waals surface area contributed by atoms with E-state index in [1.165, 1.54) is 0 Å². The van der Waals surface area contributed by atoms with Gasteiger partial charge in [0.2, 0.25) is 0 Å². The standard InChI is InChI=1S/C20H23ClN2O2.ClH/c1-22-18-9-11-23(12-10-18)20(24)16-3-2-4-19(13-16)25-14-15-5-7-17(21)8-6-15;/h2-8,13,18,22H,9-12,14H2,1H3;1H. The van der Waals surface area contributed by atoms with Crippen LogP contribution in [-0.4, -0.2) is 37.0 Å². The van der Waals surface area contributed by atoms with E-state index in [0.717, 1.165) is 31.5 Å². The number of halogens is 2. The zero-order valence-electron chi connectivity index (χ0n) is 14.8. The summed E-state index contributed by atoms with van der Waals surface area (Å²) in [5.74, 6) is 0.775. The van der Waals surface area contributed by atoms with Crippen molar-refractivity contribution in [2.45, 2.75) is 25.5 Å². The molecule has 0 atom stereocenters. The van der Waals surface area contributed by atoms with Gasteiger partial charge in [0.05, 0.1) is 0 Å². The topological polar surface area (TPSA) is 41.6 Å². The van der Waals surface area contributed by atoms with Crippen molar-refractivity contribution in [3.05, 3.63) is 64.7 Å². The van der Waals surface area contributed by atoms with Crippen LogP contribution < -0.4 is 10.1 Å². The number of amides is 1. The molecule has 0 unspecified atom stereocenters. The van der Waals surface area contributed by atoms with Crippen molar-refractivity contribution < 1.29 is 9.53 Å². The lowest BCUT2D eigenvalue weighted by Gasteiger charge is -2.31. The molecule has 0 aromatic heterocycles. The molecule has 0 spiro atoms. The molecule has 2 aromatic rings. The summed E-state index contributed by atoms with van der Waals surface area (Å²) in [4.78, 5) is 14.6. The number of ether oxygens (including phenoxy) is 1. The minimum absolute atomic E-state index is 0. The van der Waals surface area contributed by atoms with Gasteiger partial charge in [-0.25, -0.2) is 0 Å². The Balaban J connectivity index is 0.00000243. The number of nitrogens with one attached hydrogen (secondary N) is 1. The van der Waals surface area contributed by atoms with E-state index >= 15 is 0 Å². The maximum Gasteiger partial charge on any atom is 0.253 e. The van der Waals surface area contributed by atoms with Crippen molar-refractivity contribution in [2.24, 2.45) is 0 Å². The van der Waals surface area contributed by atoms with E-state index in [1.807, 2.05) is 60.5 Å². The largest absolute Gasteiger partial charge is 0.489 e. The highest BCUT2D eigenvalue weighted by Crippen LogP contribution is 2.19. The molecule has 0 bridgehead atoms. The first kappa shape index (κ1) is 20.6. The zero-order chi connectivity index (χ0) is 17.6. The third kappa shape index (κ3) is 5.37. The summed E-state index contributed by atoms with van der Waals surface area (Å²) >= 11 is 5.89. The van der Waals surface area contributed by atoms with Crippen molar-refractivity contribution in [3.8, 4) is 5.75 Å². The van der Waals surface area contributed by atoms with E-state index in [4.69, 9.17) is 16.3 Å². The molecule has 6 heteroatoms. The van der Waals surface area contributed by atoms with Crippen molar-refractivity contribution in [2.75, 3.05) is 20.1 Å². The third-order valence-electron chi connectivity index (χ3n) is 4.59. The SMILES string of the molecule is CNC1CCN(C(=O)c2cccc(OCc3ccc(Cl)cc3)c2)CC1.Cl. The Morgan fingerprint density at radius 3 is 2.54 bits per heavy atom. The molecule has 4 nitrogen and oxygen atoms in total. The Bertz CT molecular complexity index is 714. The molecule has 2 aromatic carbocycles. The molecule has 1 fully saturated rings. The maximum absolute atomic E-state index is 12.7. The molecule has 0 aliphatic carbocycles. The van der Waals surface area contributed by atoms with Gasteiger partial charge < -0.3 is 15.0 Å². The number of hydrogen-bond donors (Lipinski definition) is 1. The molecule has 1 heterocycles. The highest BCUT2D eigenvalue weighted by Gasteiger charge is 2.22. The van der Waals surface area contributed by atoms with Crippen LogP contribution in [0.2, 0.25) is 5.02 Å². The summed E-state index contributed by atoms with van der Waals surface area (Å²) < 4.78 is 5.82.